The fourth-order valence-electron chi connectivity index (χ4n) is 6.63. The van der Waals surface area contributed by atoms with Gasteiger partial charge in [0.1, 0.15) is 23.0 Å². The van der Waals surface area contributed by atoms with E-state index in [2.05, 4.69) is 120 Å². The summed E-state index contributed by atoms with van der Waals surface area (Å²) in [5, 5.41) is 4.81. The summed E-state index contributed by atoms with van der Waals surface area (Å²) in [6.07, 6.45) is 6.77. The average molecular weight is 502 g/mol. The lowest BCUT2D eigenvalue weighted by atomic mass is 9.89. The third-order valence-electron chi connectivity index (χ3n) is 8.35. The van der Waals surface area contributed by atoms with Crippen LogP contribution in [0.2, 0.25) is 0 Å². The Kier molecular flexibility index (Phi) is 4.17. The Morgan fingerprint density at radius 1 is 0.590 bits per heavy atom. The zero-order valence-corrected chi connectivity index (χ0v) is 21.0. The molecule has 7 aromatic rings. The summed E-state index contributed by atoms with van der Waals surface area (Å²) in [4.78, 5) is 0. The zero-order valence-electron chi connectivity index (χ0n) is 21.0. The van der Waals surface area contributed by atoms with Crippen molar-refractivity contribution in [2.24, 2.45) is 0 Å². The molecule has 0 saturated carbocycles. The molecule has 2 aromatic heterocycles. The number of ether oxygens (including phenoxy) is 1. The average Bonchev–Trinajstić information content (AvgIpc) is 3.66. The fourth-order valence-corrected chi connectivity index (χ4v) is 6.63. The number of hydrogen-bond acceptors (Lipinski definition) is 2. The van der Waals surface area contributed by atoms with Gasteiger partial charge in [0, 0.05) is 49.9 Å². The van der Waals surface area contributed by atoms with Crippen LogP contribution in [0.4, 0.5) is 0 Å². The van der Waals surface area contributed by atoms with Crippen LogP contribution in [0.15, 0.2) is 132 Å². The third-order valence-corrected chi connectivity index (χ3v) is 8.35. The molecular formula is C36H23NO2. The normalized spacial score (nSPS) is 18.0. The molecular weight excluding hydrogens is 478 g/mol. The summed E-state index contributed by atoms with van der Waals surface area (Å²) < 4.78 is 15.4. The first-order chi connectivity index (χ1) is 19.3. The van der Waals surface area contributed by atoms with E-state index in [1.165, 1.54) is 33.1 Å². The van der Waals surface area contributed by atoms with Gasteiger partial charge in [-0.15, -0.1) is 0 Å². The van der Waals surface area contributed by atoms with Gasteiger partial charge in [0.15, 0.2) is 0 Å². The van der Waals surface area contributed by atoms with Gasteiger partial charge in [-0.25, -0.2) is 0 Å². The second-order valence-corrected chi connectivity index (χ2v) is 10.4. The maximum absolute atomic E-state index is 6.68. The van der Waals surface area contributed by atoms with E-state index < -0.39 is 0 Å². The van der Waals surface area contributed by atoms with Gasteiger partial charge in [0.2, 0.25) is 0 Å². The van der Waals surface area contributed by atoms with Gasteiger partial charge in [0.05, 0.1) is 11.0 Å². The summed E-state index contributed by atoms with van der Waals surface area (Å²) in [5.41, 5.74) is 8.78. The molecule has 0 N–H and O–H groups in total. The van der Waals surface area contributed by atoms with Crippen LogP contribution in [0.3, 0.4) is 0 Å². The maximum atomic E-state index is 6.68. The highest BCUT2D eigenvalue weighted by Gasteiger charge is 2.36. The lowest BCUT2D eigenvalue weighted by Crippen LogP contribution is -2.18. The Bertz CT molecular complexity index is 2120. The molecule has 2 atom stereocenters. The molecule has 0 saturated heterocycles. The van der Waals surface area contributed by atoms with Crippen LogP contribution in [-0.2, 0) is 0 Å². The van der Waals surface area contributed by atoms with Gasteiger partial charge >= 0.3 is 0 Å². The molecule has 0 radical (unpaired) electrons. The Morgan fingerprint density at radius 2 is 1.26 bits per heavy atom. The van der Waals surface area contributed by atoms with Gasteiger partial charge in [-0.05, 0) is 36.4 Å². The topological polar surface area (TPSA) is 27.3 Å². The predicted molar refractivity (Wildman–Crippen MR) is 159 cm³/mol. The highest BCUT2D eigenvalue weighted by atomic mass is 16.5. The van der Waals surface area contributed by atoms with E-state index in [4.69, 9.17) is 9.15 Å². The Morgan fingerprint density at radius 3 is 2.08 bits per heavy atom. The second-order valence-electron chi connectivity index (χ2n) is 10.4. The number of para-hydroxylation sites is 5. The molecule has 3 heteroatoms. The monoisotopic (exact) mass is 501 g/mol. The molecule has 1 aliphatic heterocycles. The SMILES string of the molecule is C1=CC2Oc3c(-c4cccc5c4oc4ccccc45)cccc3C2C=C1n1c2ccccc2c2ccccc21. The van der Waals surface area contributed by atoms with Crippen molar-refractivity contribution < 1.29 is 9.15 Å². The van der Waals surface area contributed by atoms with Crippen LogP contribution < -0.4 is 4.74 Å². The van der Waals surface area contributed by atoms with Gasteiger partial charge in [0.25, 0.3) is 0 Å². The second kappa shape index (κ2) is 7.75. The quantitative estimate of drug-likeness (QED) is 0.236. The smallest absolute Gasteiger partial charge is 0.143 e. The molecule has 3 nitrogen and oxygen atoms in total. The maximum Gasteiger partial charge on any atom is 0.143 e. The van der Waals surface area contributed by atoms with Crippen molar-refractivity contribution in [3.63, 3.8) is 0 Å². The van der Waals surface area contributed by atoms with Crippen molar-refractivity contribution in [2.45, 2.75) is 12.0 Å². The number of rotatable bonds is 2. The first kappa shape index (κ1) is 21.0. The molecule has 9 rings (SSSR count). The first-order valence-electron chi connectivity index (χ1n) is 13.4. The summed E-state index contributed by atoms with van der Waals surface area (Å²) >= 11 is 0. The number of aromatic nitrogens is 1. The van der Waals surface area contributed by atoms with Crippen molar-refractivity contribution >= 4 is 49.4 Å². The molecule has 0 spiro atoms. The van der Waals surface area contributed by atoms with E-state index in [1.807, 2.05) is 12.1 Å². The minimum Gasteiger partial charge on any atom is -0.484 e. The van der Waals surface area contributed by atoms with Crippen molar-refractivity contribution in [3.05, 3.63) is 133 Å². The number of fused-ring (bicyclic) bond motifs is 9. The van der Waals surface area contributed by atoms with E-state index in [0.717, 1.165) is 38.8 Å². The van der Waals surface area contributed by atoms with E-state index in [0.29, 0.717) is 0 Å². The number of nitrogens with zero attached hydrogens (tertiary/aromatic N) is 1. The highest BCUT2D eigenvalue weighted by Crippen LogP contribution is 2.49. The third kappa shape index (κ3) is 2.87. The molecule has 39 heavy (non-hydrogen) atoms. The minimum atomic E-state index is -0.0344. The first-order valence-corrected chi connectivity index (χ1v) is 13.4. The summed E-state index contributed by atoms with van der Waals surface area (Å²) in [6.45, 7) is 0. The van der Waals surface area contributed by atoms with Crippen LogP contribution >= 0.6 is 0 Å². The van der Waals surface area contributed by atoms with E-state index in [1.54, 1.807) is 0 Å². The Balaban J connectivity index is 1.22. The summed E-state index contributed by atoms with van der Waals surface area (Å²) in [5.74, 6) is 1.08. The number of benzene rings is 5. The minimum absolute atomic E-state index is 0.0344. The van der Waals surface area contributed by atoms with E-state index >= 15 is 0 Å². The number of allylic oxidation sites excluding steroid dienone is 2. The largest absolute Gasteiger partial charge is 0.484 e. The predicted octanol–water partition coefficient (Wildman–Crippen LogP) is 9.32. The van der Waals surface area contributed by atoms with Gasteiger partial charge in [-0.2, -0.15) is 0 Å². The molecule has 0 fully saturated rings. The Hall–Kier alpha value is -5.02. The fraction of sp³-hybridized carbons (Fsp3) is 0.0556. The van der Waals surface area contributed by atoms with Crippen LogP contribution in [0.5, 0.6) is 5.75 Å². The molecule has 2 aliphatic rings. The van der Waals surface area contributed by atoms with Crippen LogP contribution in [0, 0.1) is 0 Å². The standard InChI is InChI=1S/C36H23NO2/c1-4-16-31-23(9-1)24-10-2-5-17-32(24)37(31)22-19-20-34-30(21-22)29-15-8-14-28(36(29)39-34)27-13-7-12-26-25-11-3-6-18-33(25)38-35(26)27/h1-21,30,34H. The Labute approximate surface area is 224 Å². The van der Waals surface area contributed by atoms with E-state index in [9.17, 15) is 0 Å². The summed E-state index contributed by atoms with van der Waals surface area (Å²) in [6, 6.07) is 38.4. The van der Waals surface area contributed by atoms with Crippen molar-refractivity contribution in [2.75, 3.05) is 0 Å². The molecule has 1 aliphatic carbocycles. The van der Waals surface area contributed by atoms with Crippen LogP contribution in [-0.4, -0.2) is 10.7 Å². The van der Waals surface area contributed by atoms with Crippen LogP contribution in [0.1, 0.15) is 11.5 Å². The van der Waals surface area contributed by atoms with Gasteiger partial charge < -0.3 is 13.7 Å². The van der Waals surface area contributed by atoms with Crippen molar-refractivity contribution in [3.8, 4) is 16.9 Å². The van der Waals surface area contributed by atoms with E-state index in [-0.39, 0.29) is 12.0 Å². The summed E-state index contributed by atoms with van der Waals surface area (Å²) in [7, 11) is 0. The number of hydrogen-bond donors (Lipinski definition) is 0. The molecule has 3 heterocycles. The molecule has 0 amide bonds. The van der Waals surface area contributed by atoms with Crippen molar-refractivity contribution in [1.29, 1.82) is 0 Å². The molecule has 2 unspecified atom stereocenters. The van der Waals surface area contributed by atoms with Crippen LogP contribution in [0.25, 0.3) is 60.6 Å². The van der Waals surface area contributed by atoms with Crippen molar-refractivity contribution in [1.82, 2.24) is 4.57 Å². The lowest BCUT2D eigenvalue weighted by molar-refractivity contribution is 0.270. The lowest BCUT2D eigenvalue weighted by Gasteiger charge is -2.20. The van der Waals surface area contributed by atoms with Gasteiger partial charge in [-0.3, -0.25) is 0 Å². The highest BCUT2D eigenvalue weighted by molar-refractivity contribution is 6.11. The molecule has 0 bridgehead atoms. The zero-order chi connectivity index (χ0) is 25.5. The molecule has 5 aromatic carbocycles. The number of furan rings is 1. The molecule has 184 valence electrons. The van der Waals surface area contributed by atoms with Gasteiger partial charge in [-0.1, -0.05) is 91.0 Å².